The van der Waals surface area contributed by atoms with Crippen molar-refractivity contribution < 1.29 is 4.79 Å². The molecular weight excluding hydrogens is 228 g/mol. The highest BCUT2D eigenvalue weighted by Crippen LogP contribution is 2.12. The Morgan fingerprint density at radius 3 is 2.89 bits per heavy atom. The monoisotopic (exact) mass is 242 g/mol. The zero-order valence-electron chi connectivity index (χ0n) is 9.91. The topological polar surface area (TPSA) is 50.2 Å². The number of benzene rings is 1. The van der Waals surface area contributed by atoms with Crippen LogP contribution in [-0.2, 0) is 13.1 Å². The van der Waals surface area contributed by atoms with Crippen molar-refractivity contribution in [2.45, 2.75) is 13.1 Å². The van der Waals surface area contributed by atoms with Crippen molar-refractivity contribution in [1.29, 1.82) is 0 Å². The molecule has 0 aliphatic carbocycles. The van der Waals surface area contributed by atoms with Crippen LogP contribution in [0.1, 0.15) is 5.82 Å². The summed E-state index contributed by atoms with van der Waals surface area (Å²) in [6, 6.07) is 9.41. The van der Waals surface area contributed by atoms with Crippen LogP contribution in [0.15, 0.2) is 42.7 Å². The second kappa shape index (κ2) is 4.52. The third-order valence-electron chi connectivity index (χ3n) is 3.06. The Balaban J connectivity index is 1.68. The molecule has 5 heteroatoms. The molecule has 18 heavy (non-hydrogen) atoms. The highest BCUT2D eigenvalue weighted by Gasteiger charge is 2.20. The molecule has 2 heterocycles. The van der Waals surface area contributed by atoms with E-state index in [0.717, 1.165) is 18.1 Å². The van der Waals surface area contributed by atoms with Gasteiger partial charge in [-0.1, -0.05) is 18.2 Å². The normalized spacial score (nSPS) is 14.1. The smallest absolute Gasteiger partial charge is 0.322 e. The van der Waals surface area contributed by atoms with Gasteiger partial charge >= 0.3 is 6.03 Å². The SMILES string of the molecule is O=C(Nc1ccccc1)N1CCn2ccnc2C1. The molecule has 1 aromatic heterocycles. The second-order valence-electron chi connectivity index (χ2n) is 4.25. The van der Waals surface area contributed by atoms with E-state index in [2.05, 4.69) is 14.9 Å². The molecule has 2 amide bonds. The van der Waals surface area contributed by atoms with Crippen molar-refractivity contribution in [1.82, 2.24) is 14.5 Å². The quantitative estimate of drug-likeness (QED) is 0.830. The fourth-order valence-corrected chi connectivity index (χ4v) is 2.07. The van der Waals surface area contributed by atoms with Crippen LogP contribution >= 0.6 is 0 Å². The van der Waals surface area contributed by atoms with E-state index in [4.69, 9.17) is 0 Å². The van der Waals surface area contributed by atoms with Gasteiger partial charge in [0.25, 0.3) is 0 Å². The summed E-state index contributed by atoms with van der Waals surface area (Å²) >= 11 is 0. The number of carbonyl (C=O) groups is 1. The van der Waals surface area contributed by atoms with Crippen molar-refractivity contribution in [3.05, 3.63) is 48.5 Å². The summed E-state index contributed by atoms with van der Waals surface area (Å²) in [6.07, 6.45) is 3.72. The van der Waals surface area contributed by atoms with Crippen molar-refractivity contribution in [2.24, 2.45) is 0 Å². The van der Waals surface area contributed by atoms with E-state index >= 15 is 0 Å². The number of fused-ring (bicyclic) bond motifs is 1. The third kappa shape index (κ3) is 2.07. The van der Waals surface area contributed by atoms with Crippen LogP contribution in [0.25, 0.3) is 0 Å². The maximum atomic E-state index is 12.1. The minimum Gasteiger partial charge on any atom is -0.332 e. The Morgan fingerprint density at radius 2 is 2.06 bits per heavy atom. The lowest BCUT2D eigenvalue weighted by molar-refractivity contribution is 0.195. The zero-order chi connectivity index (χ0) is 12.4. The lowest BCUT2D eigenvalue weighted by Crippen LogP contribution is -2.40. The number of anilines is 1. The highest BCUT2D eigenvalue weighted by atomic mass is 16.2. The Hall–Kier alpha value is -2.30. The van der Waals surface area contributed by atoms with Gasteiger partial charge in [-0.15, -0.1) is 0 Å². The van der Waals surface area contributed by atoms with E-state index in [-0.39, 0.29) is 6.03 Å². The molecule has 0 atom stereocenters. The van der Waals surface area contributed by atoms with Crippen molar-refractivity contribution in [2.75, 3.05) is 11.9 Å². The molecule has 0 radical (unpaired) electrons. The van der Waals surface area contributed by atoms with E-state index in [9.17, 15) is 4.79 Å². The van der Waals surface area contributed by atoms with E-state index < -0.39 is 0 Å². The van der Waals surface area contributed by atoms with Crippen LogP contribution in [0.5, 0.6) is 0 Å². The number of aromatic nitrogens is 2. The number of urea groups is 1. The first-order valence-corrected chi connectivity index (χ1v) is 5.94. The summed E-state index contributed by atoms with van der Waals surface area (Å²) in [5, 5.41) is 2.88. The fourth-order valence-electron chi connectivity index (χ4n) is 2.07. The number of amides is 2. The average Bonchev–Trinajstić information content (AvgIpc) is 2.87. The summed E-state index contributed by atoms with van der Waals surface area (Å²) in [5.74, 6) is 0.935. The summed E-state index contributed by atoms with van der Waals surface area (Å²) in [5.41, 5.74) is 0.816. The summed E-state index contributed by atoms with van der Waals surface area (Å²) < 4.78 is 2.08. The number of imidazole rings is 1. The average molecular weight is 242 g/mol. The highest BCUT2D eigenvalue weighted by molar-refractivity contribution is 5.89. The van der Waals surface area contributed by atoms with Crippen molar-refractivity contribution in [3.8, 4) is 0 Å². The van der Waals surface area contributed by atoms with Crippen LogP contribution in [0, 0.1) is 0 Å². The Morgan fingerprint density at radius 1 is 1.22 bits per heavy atom. The number of nitrogens with one attached hydrogen (secondary N) is 1. The van der Waals surface area contributed by atoms with Gasteiger partial charge in [0, 0.05) is 31.2 Å². The number of nitrogens with zero attached hydrogens (tertiary/aromatic N) is 3. The number of para-hydroxylation sites is 1. The summed E-state index contributed by atoms with van der Waals surface area (Å²) in [4.78, 5) is 18.1. The summed E-state index contributed by atoms with van der Waals surface area (Å²) in [7, 11) is 0. The molecule has 1 aliphatic heterocycles. The van der Waals surface area contributed by atoms with Crippen LogP contribution in [0.4, 0.5) is 10.5 Å². The molecule has 1 aromatic carbocycles. The van der Waals surface area contributed by atoms with Gasteiger partial charge in [-0.25, -0.2) is 9.78 Å². The maximum Gasteiger partial charge on any atom is 0.322 e. The molecule has 0 fully saturated rings. The zero-order valence-corrected chi connectivity index (χ0v) is 9.91. The van der Waals surface area contributed by atoms with E-state index in [1.165, 1.54) is 0 Å². The van der Waals surface area contributed by atoms with Gasteiger partial charge in [0.05, 0.1) is 6.54 Å². The molecular formula is C13H14N4O. The molecule has 1 N–H and O–H groups in total. The molecule has 5 nitrogen and oxygen atoms in total. The molecule has 92 valence electrons. The Labute approximate surface area is 105 Å². The molecule has 0 spiro atoms. The minimum absolute atomic E-state index is 0.0737. The van der Waals surface area contributed by atoms with Gasteiger partial charge < -0.3 is 14.8 Å². The van der Waals surface area contributed by atoms with Crippen molar-refractivity contribution >= 4 is 11.7 Å². The third-order valence-corrected chi connectivity index (χ3v) is 3.06. The van der Waals surface area contributed by atoms with Gasteiger partial charge in [0.1, 0.15) is 5.82 Å². The first-order chi connectivity index (χ1) is 8.83. The number of rotatable bonds is 1. The number of hydrogen-bond donors (Lipinski definition) is 1. The van der Waals surface area contributed by atoms with E-state index in [0.29, 0.717) is 13.1 Å². The molecule has 0 saturated heterocycles. The van der Waals surface area contributed by atoms with Gasteiger partial charge in [0.2, 0.25) is 0 Å². The largest absolute Gasteiger partial charge is 0.332 e. The summed E-state index contributed by atoms with van der Waals surface area (Å²) in [6.45, 7) is 2.07. The minimum atomic E-state index is -0.0737. The molecule has 2 aromatic rings. The Kier molecular flexibility index (Phi) is 2.72. The van der Waals surface area contributed by atoms with Crippen molar-refractivity contribution in [3.63, 3.8) is 0 Å². The number of hydrogen-bond acceptors (Lipinski definition) is 2. The fraction of sp³-hybridized carbons (Fsp3) is 0.231. The molecule has 0 bridgehead atoms. The van der Waals surface area contributed by atoms with Gasteiger partial charge in [-0.3, -0.25) is 0 Å². The first kappa shape index (κ1) is 10.8. The lowest BCUT2D eigenvalue weighted by Gasteiger charge is -2.27. The standard InChI is InChI=1S/C13H14N4O/c18-13(15-11-4-2-1-3-5-11)17-9-8-16-7-6-14-12(16)10-17/h1-7H,8-10H2,(H,15,18). The maximum absolute atomic E-state index is 12.1. The van der Waals surface area contributed by atoms with Crippen LogP contribution in [0.3, 0.4) is 0 Å². The molecule has 0 saturated carbocycles. The molecule has 3 rings (SSSR count). The van der Waals surface area contributed by atoms with E-state index in [1.54, 1.807) is 11.1 Å². The number of carbonyl (C=O) groups excluding carboxylic acids is 1. The predicted molar refractivity (Wildman–Crippen MR) is 68.1 cm³/mol. The van der Waals surface area contributed by atoms with Gasteiger partial charge in [-0.05, 0) is 12.1 Å². The van der Waals surface area contributed by atoms with Crippen LogP contribution in [-0.4, -0.2) is 27.0 Å². The first-order valence-electron chi connectivity index (χ1n) is 5.94. The lowest BCUT2D eigenvalue weighted by atomic mass is 10.3. The van der Waals surface area contributed by atoms with Crippen LogP contribution in [0.2, 0.25) is 0 Å². The Bertz CT molecular complexity index is 549. The van der Waals surface area contributed by atoms with Crippen LogP contribution < -0.4 is 5.32 Å². The predicted octanol–water partition coefficient (Wildman–Crippen LogP) is 1.93. The van der Waals surface area contributed by atoms with Gasteiger partial charge in [0.15, 0.2) is 0 Å². The molecule has 1 aliphatic rings. The van der Waals surface area contributed by atoms with Gasteiger partial charge in [-0.2, -0.15) is 0 Å². The second-order valence-corrected chi connectivity index (χ2v) is 4.25. The van der Waals surface area contributed by atoms with E-state index in [1.807, 2.05) is 36.5 Å². The molecule has 0 unspecified atom stereocenters.